The molecule has 1 atom stereocenters. The fourth-order valence-electron chi connectivity index (χ4n) is 0.665. The Morgan fingerprint density at radius 2 is 2.08 bits per heavy atom. The van der Waals surface area contributed by atoms with Gasteiger partial charge >= 0.3 is 5.97 Å². The second-order valence-electron chi connectivity index (χ2n) is 2.36. The summed E-state index contributed by atoms with van der Waals surface area (Å²) < 4.78 is 4.62. The average Bonchev–Trinajstić information content (AvgIpc) is 2.00. The van der Waals surface area contributed by atoms with Crippen LogP contribution >= 0.6 is 0 Å². The molecule has 0 aliphatic carbocycles. The third-order valence-electron chi connectivity index (χ3n) is 1.29. The van der Waals surface area contributed by atoms with Crippen LogP contribution in [-0.4, -0.2) is 24.5 Å². The highest BCUT2D eigenvalue weighted by Gasteiger charge is 2.14. The molecular formula is C7H14N2O3. The summed E-state index contributed by atoms with van der Waals surface area (Å²) in [6, 6.07) is -0.738. The predicted octanol–water partition coefficient (Wildman–Crippen LogP) is -0.858. The largest absolute Gasteiger partial charge is 0.465 e. The van der Waals surface area contributed by atoms with Crippen LogP contribution in [-0.2, 0) is 14.3 Å². The molecule has 1 amide bonds. The molecule has 0 fully saturated rings. The third kappa shape index (κ3) is 4.68. The van der Waals surface area contributed by atoms with Crippen LogP contribution in [0.5, 0.6) is 0 Å². The quantitative estimate of drug-likeness (QED) is 0.530. The van der Waals surface area contributed by atoms with E-state index in [-0.39, 0.29) is 12.8 Å². The molecule has 0 aliphatic heterocycles. The Morgan fingerprint density at radius 1 is 1.50 bits per heavy atom. The minimum Gasteiger partial charge on any atom is -0.465 e. The molecule has 12 heavy (non-hydrogen) atoms. The summed E-state index contributed by atoms with van der Waals surface area (Å²) in [5.41, 5.74) is 10.2. The van der Waals surface area contributed by atoms with Crippen LogP contribution in [0.3, 0.4) is 0 Å². The average molecular weight is 174 g/mol. The number of hydrogen-bond donors (Lipinski definition) is 2. The summed E-state index contributed by atoms with van der Waals surface area (Å²) in [4.78, 5) is 21.2. The van der Waals surface area contributed by atoms with E-state index in [1.54, 1.807) is 6.92 Å². The van der Waals surface area contributed by atoms with Gasteiger partial charge in [0.25, 0.3) is 0 Å². The lowest BCUT2D eigenvalue weighted by atomic mass is 10.1. The van der Waals surface area contributed by atoms with Crippen LogP contribution in [0.15, 0.2) is 0 Å². The van der Waals surface area contributed by atoms with Crippen molar-refractivity contribution in [1.29, 1.82) is 0 Å². The molecule has 0 saturated carbocycles. The first-order valence-electron chi connectivity index (χ1n) is 3.78. The van der Waals surface area contributed by atoms with Gasteiger partial charge < -0.3 is 16.2 Å². The van der Waals surface area contributed by atoms with Gasteiger partial charge in [-0.3, -0.25) is 9.59 Å². The van der Waals surface area contributed by atoms with Crippen molar-refractivity contribution in [2.24, 2.45) is 11.5 Å². The fraction of sp³-hybridized carbons (Fsp3) is 0.714. The normalized spacial score (nSPS) is 12.2. The van der Waals surface area contributed by atoms with Crippen LogP contribution in [0.25, 0.3) is 0 Å². The predicted molar refractivity (Wildman–Crippen MR) is 43.0 cm³/mol. The molecule has 5 heteroatoms. The molecule has 0 saturated heterocycles. The van der Waals surface area contributed by atoms with Crippen molar-refractivity contribution in [1.82, 2.24) is 0 Å². The maximum Gasteiger partial charge on any atom is 0.322 e. The lowest BCUT2D eigenvalue weighted by Gasteiger charge is -2.08. The van der Waals surface area contributed by atoms with E-state index in [1.165, 1.54) is 0 Å². The number of ether oxygens (including phenoxy) is 1. The van der Waals surface area contributed by atoms with E-state index in [4.69, 9.17) is 11.5 Å². The Morgan fingerprint density at radius 3 is 2.50 bits per heavy atom. The van der Waals surface area contributed by atoms with Gasteiger partial charge in [0.2, 0.25) is 5.91 Å². The molecule has 0 aliphatic rings. The van der Waals surface area contributed by atoms with Crippen molar-refractivity contribution < 1.29 is 14.3 Å². The van der Waals surface area contributed by atoms with E-state index in [9.17, 15) is 9.59 Å². The molecule has 0 heterocycles. The molecule has 0 bridgehead atoms. The summed E-state index contributed by atoms with van der Waals surface area (Å²) in [6.07, 6.45) is 0.355. The highest BCUT2D eigenvalue weighted by molar-refractivity contribution is 5.78. The summed E-state index contributed by atoms with van der Waals surface area (Å²) >= 11 is 0. The van der Waals surface area contributed by atoms with Crippen molar-refractivity contribution in [3.05, 3.63) is 0 Å². The van der Waals surface area contributed by atoms with Gasteiger partial charge in [-0.15, -0.1) is 0 Å². The smallest absolute Gasteiger partial charge is 0.322 e. The molecule has 5 nitrogen and oxygen atoms in total. The van der Waals surface area contributed by atoms with E-state index in [1.807, 2.05) is 0 Å². The lowest BCUT2D eigenvalue weighted by molar-refractivity contribution is -0.144. The van der Waals surface area contributed by atoms with Crippen LogP contribution < -0.4 is 11.5 Å². The van der Waals surface area contributed by atoms with Crippen molar-refractivity contribution in [3.63, 3.8) is 0 Å². The Hall–Kier alpha value is -1.10. The topological polar surface area (TPSA) is 95.4 Å². The van der Waals surface area contributed by atoms with Gasteiger partial charge in [-0.25, -0.2) is 0 Å². The minimum absolute atomic E-state index is 0.111. The first-order valence-corrected chi connectivity index (χ1v) is 3.78. The fourth-order valence-corrected chi connectivity index (χ4v) is 0.665. The van der Waals surface area contributed by atoms with E-state index >= 15 is 0 Å². The molecule has 1 unspecified atom stereocenters. The molecule has 4 N–H and O–H groups in total. The van der Waals surface area contributed by atoms with E-state index < -0.39 is 17.9 Å². The van der Waals surface area contributed by atoms with Gasteiger partial charge in [0, 0.05) is 6.42 Å². The summed E-state index contributed by atoms with van der Waals surface area (Å²) in [7, 11) is 0. The summed E-state index contributed by atoms with van der Waals surface area (Å²) in [6.45, 7) is 1.99. The zero-order valence-electron chi connectivity index (χ0n) is 7.08. The number of rotatable bonds is 5. The van der Waals surface area contributed by atoms with Gasteiger partial charge in [0.05, 0.1) is 6.61 Å². The monoisotopic (exact) mass is 174 g/mol. The summed E-state index contributed by atoms with van der Waals surface area (Å²) in [5.74, 6) is -0.950. The molecule has 0 aromatic heterocycles. The van der Waals surface area contributed by atoms with Gasteiger partial charge in [-0.1, -0.05) is 0 Å². The molecule has 70 valence electrons. The summed E-state index contributed by atoms with van der Waals surface area (Å²) in [5, 5.41) is 0. The Bertz CT molecular complexity index is 170. The second kappa shape index (κ2) is 5.54. The van der Waals surface area contributed by atoms with Gasteiger partial charge in [0.15, 0.2) is 0 Å². The minimum atomic E-state index is -0.738. The highest BCUT2D eigenvalue weighted by Crippen LogP contribution is 1.95. The number of nitrogens with two attached hydrogens (primary N) is 2. The molecule has 0 radical (unpaired) electrons. The Balaban J connectivity index is 3.63. The number of carbonyl (C=O) groups excluding carboxylic acids is 2. The van der Waals surface area contributed by atoms with Crippen LogP contribution in [0.2, 0.25) is 0 Å². The van der Waals surface area contributed by atoms with E-state index in [0.29, 0.717) is 6.61 Å². The van der Waals surface area contributed by atoms with Gasteiger partial charge in [0.1, 0.15) is 6.04 Å². The Kier molecular flexibility index (Phi) is 5.03. The van der Waals surface area contributed by atoms with Crippen molar-refractivity contribution >= 4 is 11.9 Å². The first kappa shape index (κ1) is 10.9. The Labute approximate surface area is 71.0 Å². The number of amides is 1. The van der Waals surface area contributed by atoms with Crippen LogP contribution in [0.4, 0.5) is 0 Å². The van der Waals surface area contributed by atoms with Crippen molar-refractivity contribution in [2.75, 3.05) is 6.61 Å². The second-order valence-corrected chi connectivity index (χ2v) is 2.36. The number of carbonyl (C=O) groups is 2. The number of hydrogen-bond acceptors (Lipinski definition) is 4. The molecule has 0 spiro atoms. The maximum absolute atomic E-state index is 10.9. The van der Waals surface area contributed by atoms with Gasteiger partial charge in [-0.05, 0) is 13.3 Å². The third-order valence-corrected chi connectivity index (χ3v) is 1.29. The van der Waals surface area contributed by atoms with Gasteiger partial charge in [-0.2, -0.15) is 0 Å². The van der Waals surface area contributed by atoms with E-state index in [2.05, 4.69) is 4.74 Å². The van der Waals surface area contributed by atoms with Crippen molar-refractivity contribution in [2.45, 2.75) is 25.8 Å². The van der Waals surface area contributed by atoms with Crippen LogP contribution in [0.1, 0.15) is 19.8 Å². The van der Waals surface area contributed by atoms with E-state index in [0.717, 1.165) is 0 Å². The molecule has 0 rings (SSSR count). The molecule has 0 aromatic rings. The lowest BCUT2D eigenvalue weighted by Crippen LogP contribution is -2.33. The van der Waals surface area contributed by atoms with Crippen LogP contribution in [0, 0.1) is 0 Å². The highest BCUT2D eigenvalue weighted by atomic mass is 16.5. The standard InChI is InChI=1S/C7H14N2O3/c1-2-12-7(11)5(8)3-4-6(9)10/h5H,2-4,8H2,1H3,(H2,9,10). The number of primary amides is 1. The zero-order chi connectivity index (χ0) is 9.56. The number of esters is 1. The molecule has 0 aromatic carbocycles. The first-order chi connectivity index (χ1) is 5.57. The molecular weight excluding hydrogens is 160 g/mol. The maximum atomic E-state index is 10.9. The zero-order valence-corrected chi connectivity index (χ0v) is 7.08. The van der Waals surface area contributed by atoms with Crippen molar-refractivity contribution in [3.8, 4) is 0 Å². The SMILES string of the molecule is CCOC(=O)C(N)CCC(N)=O.